The predicted molar refractivity (Wildman–Crippen MR) is 72.3 cm³/mol. The number of carbonyl (C=O) groups excluding carboxylic acids is 1. The van der Waals surface area contributed by atoms with Crippen LogP contribution >= 0.6 is 0 Å². The van der Waals surface area contributed by atoms with E-state index in [4.69, 9.17) is 4.74 Å². The summed E-state index contributed by atoms with van der Waals surface area (Å²) < 4.78 is 43.5. The first-order valence-electron chi connectivity index (χ1n) is 6.69. The van der Waals surface area contributed by atoms with Crippen LogP contribution in [0.2, 0.25) is 0 Å². The second kappa shape index (κ2) is 6.34. The molecule has 0 spiro atoms. The molecule has 4 nitrogen and oxygen atoms in total. The maximum absolute atomic E-state index is 12.8. The van der Waals surface area contributed by atoms with Crippen molar-refractivity contribution in [2.24, 2.45) is 0 Å². The summed E-state index contributed by atoms with van der Waals surface area (Å²) in [4.78, 5) is 12.2. The van der Waals surface area contributed by atoms with Gasteiger partial charge in [-0.25, -0.2) is 0 Å². The Kier molecular flexibility index (Phi) is 4.72. The van der Waals surface area contributed by atoms with E-state index in [2.05, 4.69) is 10.6 Å². The van der Waals surface area contributed by atoms with Crippen molar-refractivity contribution >= 4 is 11.6 Å². The molecule has 0 unspecified atom stereocenters. The van der Waals surface area contributed by atoms with Gasteiger partial charge in [-0.3, -0.25) is 4.79 Å². The zero-order valence-corrected chi connectivity index (χ0v) is 11.6. The van der Waals surface area contributed by atoms with E-state index in [1.165, 1.54) is 6.07 Å². The quantitative estimate of drug-likeness (QED) is 0.902. The highest BCUT2D eigenvalue weighted by molar-refractivity contribution is 6.00. The van der Waals surface area contributed by atoms with Gasteiger partial charge in [0.1, 0.15) is 0 Å². The second-order valence-corrected chi connectivity index (χ2v) is 4.87. The zero-order chi connectivity index (χ0) is 15.5. The van der Waals surface area contributed by atoms with Crippen LogP contribution in [0.15, 0.2) is 18.2 Å². The van der Waals surface area contributed by atoms with Crippen LogP contribution in [0.3, 0.4) is 0 Å². The lowest BCUT2D eigenvalue weighted by Gasteiger charge is -2.23. The van der Waals surface area contributed by atoms with Crippen LogP contribution in [0.25, 0.3) is 0 Å². The lowest BCUT2D eigenvalue weighted by molar-refractivity contribution is -0.137. The van der Waals surface area contributed by atoms with E-state index < -0.39 is 17.6 Å². The molecule has 1 saturated heterocycles. The SMILES string of the molecule is CNc1ccc(C(F)(F)F)cc1C(=O)NC1CCOCC1. The fourth-order valence-corrected chi connectivity index (χ4v) is 2.23. The second-order valence-electron chi connectivity index (χ2n) is 4.87. The van der Waals surface area contributed by atoms with Crippen LogP contribution in [-0.2, 0) is 10.9 Å². The third-order valence-electron chi connectivity index (χ3n) is 3.42. The molecule has 0 aliphatic carbocycles. The number of nitrogens with one attached hydrogen (secondary N) is 2. The van der Waals surface area contributed by atoms with Crippen molar-refractivity contribution in [3.8, 4) is 0 Å². The summed E-state index contributed by atoms with van der Waals surface area (Å²) in [5, 5.41) is 5.50. The molecule has 1 aromatic rings. The van der Waals surface area contributed by atoms with E-state index in [9.17, 15) is 18.0 Å². The Hall–Kier alpha value is -1.76. The summed E-state index contributed by atoms with van der Waals surface area (Å²) in [6.07, 6.45) is -3.14. The predicted octanol–water partition coefficient (Wildman–Crippen LogP) is 2.66. The standard InChI is InChI=1S/C14H17F3N2O2/c1-18-12-3-2-9(14(15,16)17)8-11(12)13(20)19-10-4-6-21-7-5-10/h2-3,8,10,18H,4-7H2,1H3,(H,19,20). The Morgan fingerprint density at radius 1 is 1.29 bits per heavy atom. The van der Waals surface area contributed by atoms with E-state index in [0.717, 1.165) is 12.1 Å². The molecule has 2 rings (SSSR count). The van der Waals surface area contributed by atoms with E-state index in [0.29, 0.717) is 31.7 Å². The van der Waals surface area contributed by atoms with Crippen LogP contribution in [0.5, 0.6) is 0 Å². The summed E-state index contributed by atoms with van der Waals surface area (Å²) in [5.74, 6) is -0.502. The number of anilines is 1. The molecule has 1 aliphatic heterocycles. The highest BCUT2D eigenvalue weighted by Crippen LogP contribution is 2.31. The summed E-state index contributed by atoms with van der Waals surface area (Å²) in [7, 11) is 1.56. The largest absolute Gasteiger partial charge is 0.416 e. The van der Waals surface area contributed by atoms with Crippen LogP contribution in [-0.4, -0.2) is 32.2 Å². The van der Waals surface area contributed by atoms with Crippen molar-refractivity contribution in [2.75, 3.05) is 25.6 Å². The number of hydrogen-bond donors (Lipinski definition) is 2. The van der Waals surface area contributed by atoms with Gasteiger partial charge in [-0.2, -0.15) is 13.2 Å². The van der Waals surface area contributed by atoms with Crippen molar-refractivity contribution in [1.82, 2.24) is 5.32 Å². The van der Waals surface area contributed by atoms with Crippen molar-refractivity contribution in [2.45, 2.75) is 25.1 Å². The van der Waals surface area contributed by atoms with Crippen LogP contribution in [0, 0.1) is 0 Å². The first-order valence-corrected chi connectivity index (χ1v) is 6.69. The number of amides is 1. The highest BCUT2D eigenvalue weighted by atomic mass is 19.4. The molecule has 0 atom stereocenters. The molecule has 21 heavy (non-hydrogen) atoms. The van der Waals surface area contributed by atoms with Gasteiger partial charge >= 0.3 is 6.18 Å². The minimum atomic E-state index is -4.47. The first-order chi connectivity index (χ1) is 9.91. The normalized spacial score (nSPS) is 16.6. The minimum absolute atomic E-state index is 0.00110. The van der Waals surface area contributed by atoms with Crippen molar-refractivity contribution in [3.63, 3.8) is 0 Å². The Morgan fingerprint density at radius 2 is 1.95 bits per heavy atom. The highest BCUT2D eigenvalue weighted by Gasteiger charge is 2.32. The molecule has 1 fully saturated rings. The van der Waals surface area contributed by atoms with Crippen molar-refractivity contribution in [1.29, 1.82) is 0 Å². The van der Waals surface area contributed by atoms with E-state index in [1.54, 1.807) is 7.05 Å². The van der Waals surface area contributed by atoms with Crippen LogP contribution in [0.1, 0.15) is 28.8 Å². The average Bonchev–Trinajstić information content (AvgIpc) is 2.46. The summed E-state index contributed by atoms with van der Waals surface area (Å²) in [5.41, 5.74) is -0.468. The lowest BCUT2D eigenvalue weighted by Crippen LogP contribution is -2.39. The monoisotopic (exact) mass is 302 g/mol. The number of carbonyl (C=O) groups is 1. The van der Waals surface area contributed by atoms with Crippen molar-refractivity contribution < 1.29 is 22.7 Å². The molecule has 2 N–H and O–H groups in total. The average molecular weight is 302 g/mol. The van der Waals surface area contributed by atoms with Gasteiger partial charge in [0.2, 0.25) is 0 Å². The molecular weight excluding hydrogens is 285 g/mol. The van der Waals surface area contributed by atoms with Gasteiger partial charge in [-0.15, -0.1) is 0 Å². The lowest BCUT2D eigenvalue weighted by atomic mass is 10.0. The third kappa shape index (κ3) is 3.87. The van der Waals surface area contributed by atoms with Gasteiger partial charge in [0, 0.05) is 32.0 Å². The smallest absolute Gasteiger partial charge is 0.387 e. The van der Waals surface area contributed by atoms with E-state index in [-0.39, 0.29) is 11.6 Å². The maximum Gasteiger partial charge on any atom is 0.416 e. The van der Waals surface area contributed by atoms with Gasteiger partial charge < -0.3 is 15.4 Å². The van der Waals surface area contributed by atoms with E-state index in [1.807, 2.05) is 0 Å². The Labute approximate surface area is 120 Å². The molecule has 1 aliphatic rings. The van der Waals surface area contributed by atoms with Crippen LogP contribution < -0.4 is 10.6 Å². The van der Waals surface area contributed by atoms with Gasteiger partial charge in [-0.1, -0.05) is 0 Å². The summed E-state index contributed by atoms with van der Waals surface area (Å²) in [6.45, 7) is 1.10. The molecule has 0 saturated carbocycles. The molecule has 1 aromatic carbocycles. The molecule has 0 radical (unpaired) electrons. The van der Waals surface area contributed by atoms with Gasteiger partial charge in [0.25, 0.3) is 5.91 Å². The summed E-state index contributed by atoms with van der Waals surface area (Å²) >= 11 is 0. The molecule has 1 heterocycles. The molecule has 7 heteroatoms. The first kappa shape index (κ1) is 15.6. The fourth-order valence-electron chi connectivity index (χ4n) is 2.23. The van der Waals surface area contributed by atoms with Gasteiger partial charge in [0.15, 0.2) is 0 Å². The molecule has 116 valence electrons. The topological polar surface area (TPSA) is 50.4 Å². The zero-order valence-electron chi connectivity index (χ0n) is 11.6. The number of ether oxygens (including phenoxy) is 1. The number of benzene rings is 1. The van der Waals surface area contributed by atoms with Gasteiger partial charge in [0.05, 0.1) is 11.1 Å². The number of rotatable bonds is 3. The fraction of sp³-hybridized carbons (Fsp3) is 0.500. The molecule has 0 bridgehead atoms. The molecular formula is C14H17F3N2O2. The number of hydrogen-bond acceptors (Lipinski definition) is 3. The maximum atomic E-state index is 12.8. The molecule has 0 aromatic heterocycles. The summed E-state index contributed by atoms with van der Waals surface area (Å²) in [6, 6.07) is 3.03. The Balaban J connectivity index is 2.21. The van der Waals surface area contributed by atoms with Crippen molar-refractivity contribution in [3.05, 3.63) is 29.3 Å². The Bertz CT molecular complexity index is 511. The number of halogens is 3. The molecule has 1 amide bonds. The Morgan fingerprint density at radius 3 is 2.52 bits per heavy atom. The third-order valence-corrected chi connectivity index (χ3v) is 3.42. The minimum Gasteiger partial charge on any atom is -0.387 e. The van der Waals surface area contributed by atoms with E-state index >= 15 is 0 Å². The van der Waals surface area contributed by atoms with Gasteiger partial charge in [-0.05, 0) is 31.0 Å². The van der Waals surface area contributed by atoms with Crippen LogP contribution in [0.4, 0.5) is 18.9 Å². The number of alkyl halides is 3.